The first kappa shape index (κ1) is 17.5. The van der Waals surface area contributed by atoms with Gasteiger partial charge in [-0.15, -0.1) is 0 Å². The molecule has 128 valence electrons. The summed E-state index contributed by atoms with van der Waals surface area (Å²) in [7, 11) is 0. The van der Waals surface area contributed by atoms with Crippen molar-refractivity contribution >= 4 is 11.8 Å². The van der Waals surface area contributed by atoms with Crippen molar-refractivity contribution in [1.82, 2.24) is 20.0 Å². The van der Waals surface area contributed by atoms with Gasteiger partial charge in [-0.05, 0) is 31.7 Å². The largest absolute Gasteiger partial charge is 0.356 e. The summed E-state index contributed by atoms with van der Waals surface area (Å²) in [6.07, 6.45) is 5.65. The van der Waals surface area contributed by atoms with Gasteiger partial charge in [0.15, 0.2) is 0 Å². The third-order valence-electron chi connectivity index (χ3n) is 4.38. The molecule has 1 aromatic heterocycles. The van der Waals surface area contributed by atoms with E-state index in [1.54, 1.807) is 6.20 Å². The number of likely N-dealkylation sites (tertiary alicyclic amines) is 1. The van der Waals surface area contributed by atoms with Crippen LogP contribution in [0, 0.1) is 11.8 Å². The number of nitrogens with zero attached hydrogens (tertiary/aromatic N) is 3. The van der Waals surface area contributed by atoms with Crippen LogP contribution in [0.2, 0.25) is 0 Å². The van der Waals surface area contributed by atoms with Crippen LogP contribution in [0.25, 0.3) is 0 Å². The summed E-state index contributed by atoms with van der Waals surface area (Å²) in [6, 6.07) is 1.87. The van der Waals surface area contributed by atoms with E-state index in [-0.39, 0.29) is 23.8 Å². The van der Waals surface area contributed by atoms with Gasteiger partial charge < -0.3 is 10.2 Å². The van der Waals surface area contributed by atoms with Crippen molar-refractivity contribution in [3.63, 3.8) is 0 Å². The summed E-state index contributed by atoms with van der Waals surface area (Å²) in [6.45, 7) is 8.35. The van der Waals surface area contributed by atoms with E-state index in [4.69, 9.17) is 0 Å². The van der Waals surface area contributed by atoms with Gasteiger partial charge in [0, 0.05) is 44.5 Å². The third kappa shape index (κ3) is 4.81. The highest BCUT2D eigenvalue weighted by Gasteiger charge is 2.36. The molecule has 0 aliphatic carbocycles. The van der Waals surface area contributed by atoms with Crippen LogP contribution in [-0.2, 0) is 16.1 Å². The normalized spacial score (nSPS) is 21.7. The minimum absolute atomic E-state index is 0.0234. The quantitative estimate of drug-likeness (QED) is 0.777. The van der Waals surface area contributed by atoms with Crippen LogP contribution >= 0.6 is 0 Å². The maximum absolute atomic E-state index is 12.4. The van der Waals surface area contributed by atoms with Crippen LogP contribution in [0.1, 0.15) is 40.0 Å². The SMILES string of the molecule is CC(C)CN1C(=O)CCC(C(=O)NCCCn2cccn2)C1C. The fraction of sp³-hybridized carbons (Fsp3) is 0.706. The number of rotatable bonds is 7. The highest BCUT2D eigenvalue weighted by molar-refractivity contribution is 5.84. The van der Waals surface area contributed by atoms with E-state index < -0.39 is 0 Å². The summed E-state index contributed by atoms with van der Waals surface area (Å²) >= 11 is 0. The average Bonchev–Trinajstić information content (AvgIpc) is 3.01. The number of hydrogen-bond donors (Lipinski definition) is 1. The van der Waals surface area contributed by atoms with Crippen LogP contribution in [0.3, 0.4) is 0 Å². The fourth-order valence-electron chi connectivity index (χ4n) is 3.14. The topological polar surface area (TPSA) is 67.2 Å². The Hall–Kier alpha value is -1.85. The molecule has 2 atom stereocenters. The van der Waals surface area contributed by atoms with Crippen LogP contribution in [0.5, 0.6) is 0 Å². The molecule has 2 unspecified atom stereocenters. The van der Waals surface area contributed by atoms with Gasteiger partial charge in [0.1, 0.15) is 0 Å². The summed E-state index contributed by atoms with van der Waals surface area (Å²) in [5.41, 5.74) is 0. The molecule has 1 aromatic rings. The Morgan fingerprint density at radius 1 is 1.48 bits per heavy atom. The zero-order valence-corrected chi connectivity index (χ0v) is 14.4. The number of piperidine rings is 1. The van der Waals surface area contributed by atoms with Crippen molar-refractivity contribution < 1.29 is 9.59 Å². The van der Waals surface area contributed by atoms with Gasteiger partial charge in [-0.3, -0.25) is 14.3 Å². The Morgan fingerprint density at radius 2 is 2.26 bits per heavy atom. The number of amides is 2. The minimum Gasteiger partial charge on any atom is -0.356 e. The molecule has 1 aliphatic rings. The molecule has 1 aliphatic heterocycles. The summed E-state index contributed by atoms with van der Waals surface area (Å²) in [5, 5.41) is 7.16. The molecule has 23 heavy (non-hydrogen) atoms. The maximum atomic E-state index is 12.4. The predicted octanol–water partition coefficient (Wildman–Crippen LogP) is 1.67. The zero-order valence-electron chi connectivity index (χ0n) is 14.4. The van der Waals surface area contributed by atoms with Gasteiger partial charge in [-0.2, -0.15) is 5.10 Å². The van der Waals surface area contributed by atoms with Crippen molar-refractivity contribution in [3.8, 4) is 0 Å². The van der Waals surface area contributed by atoms with Crippen molar-refractivity contribution in [2.45, 2.75) is 52.6 Å². The molecule has 0 saturated carbocycles. The van der Waals surface area contributed by atoms with E-state index in [0.29, 0.717) is 25.3 Å². The molecule has 0 bridgehead atoms. The number of nitrogens with one attached hydrogen (secondary N) is 1. The second-order valence-corrected chi connectivity index (χ2v) is 6.74. The summed E-state index contributed by atoms with van der Waals surface area (Å²) in [4.78, 5) is 26.4. The van der Waals surface area contributed by atoms with E-state index in [2.05, 4.69) is 24.3 Å². The minimum atomic E-state index is -0.101. The highest BCUT2D eigenvalue weighted by Crippen LogP contribution is 2.25. The van der Waals surface area contributed by atoms with Gasteiger partial charge in [-0.25, -0.2) is 0 Å². The Bertz CT molecular complexity index is 513. The molecular weight excluding hydrogens is 292 g/mol. The molecule has 6 heteroatoms. The predicted molar refractivity (Wildman–Crippen MR) is 88.6 cm³/mol. The van der Waals surface area contributed by atoms with Crippen molar-refractivity contribution in [3.05, 3.63) is 18.5 Å². The molecule has 2 heterocycles. The Morgan fingerprint density at radius 3 is 2.91 bits per heavy atom. The van der Waals surface area contributed by atoms with Crippen LogP contribution in [0.4, 0.5) is 0 Å². The highest BCUT2D eigenvalue weighted by atomic mass is 16.2. The van der Waals surface area contributed by atoms with E-state index in [1.807, 2.05) is 28.8 Å². The molecule has 0 radical (unpaired) electrons. The molecule has 1 N–H and O–H groups in total. The Labute approximate surface area is 138 Å². The lowest BCUT2D eigenvalue weighted by atomic mass is 9.88. The first-order valence-electron chi connectivity index (χ1n) is 8.53. The number of carbonyl (C=O) groups excluding carboxylic acids is 2. The van der Waals surface area contributed by atoms with Gasteiger partial charge >= 0.3 is 0 Å². The molecule has 1 fully saturated rings. The molecule has 2 rings (SSSR count). The van der Waals surface area contributed by atoms with Gasteiger partial charge in [0.2, 0.25) is 11.8 Å². The van der Waals surface area contributed by atoms with Crippen LogP contribution in [-0.4, -0.2) is 45.6 Å². The average molecular weight is 320 g/mol. The zero-order chi connectivity index (χ0) is 16.8. The van der Waals surface area contributed by atoms with E-state index in [0.717, 1.165) is 19.5 Å². The standard InChI is InChI=1S/C17H28N4O2/c1-13(2)12-21-14(3)15(6-7-16(21)22)17(23)18-8-4-10-20-11-5-9-19-20/h5,9,11,13-15H,4,6-8,10,12H2,1-3H3,(H,18,23). The van der Waals surface area contributed by atoms with Crippen LogP contribution < -0.4 is 5.32 Å². The number of carbonyl (C=O) groups is 2. The van der Waals surface area contributed by atoms with E-state index in [1.165, 1.54) is 0 Å². The molecule has 2 amide bonds. The summed E-state index contributed by atoms with van der Waals surface area (Å²) in [5.74, 6) is 0.557. The van der Waals surface area contributed by atoms with E-state index in [9.17, 15) is 9.59 Å². The van der Waals surface area contributed by atoms with Crippen molar-refractivity contribution in [1.29, 1.82) is 0 Å². The lowest BCUT2D eigenvalue weighted by Gasteiger charge is -2.39. The molecular formula is C17H28N4O2. The smallest absolute Gasteiger partial charge is 0.225 e. The lowest BCUT2D eigenvalue weighted by Crippen LogP contribution is -2.52. The second kappa shape index (κ2) is 8.13. The fourth-order valence-corrected chi connectivity index (χ4v) is 3.14. The number of hydrogen-bond acceptors (Lipinski definition) is 3. The van der Waals surface area contributed by atoms with E-state index >= 15 is 0 Å². The van der Waals surface area contributed by atoms with Crippen LogP contribution in [0.15, 0.2) is 18.5 Å². The molecule has 0 aromatic carbocycles. The number of aryl methyl sites for hydroxylation is 1. The van der Waals surface area contributed by atoms with Crippen molar-refractivity contribution in [2.24, 2.45) is 11.8 Å². The first-order valence-corrected chi connectivity index (χ1v) is 8.53. The third-order valence-corrected chi connectivity index (χ3v) is 4.38. The molecule has 1 saturated heterocycles. The Balaban J connectivity index is 1.79. The monoisotopic (exact) mass is 320 g/mol. The summed E-state index contributed by atoms with van der Waals surface area (Å²) < 4.78 is 1.86. The van der Waals surface area contributed by atoms with Gasteiger partial charge in [0.25, 0.3) is 0 Å². The Kier molecular flexibility index (Phi) is 6.19. The molecule has 6 nitrogen and oxygen atoms in total. The van der Waals surface area contributed by atoms with Gasteiger partial charge in [0.05, 0.1) is 5.92 Å². The second-order valence-electron chi connectivity index (χ2n) is 6.74. The van der Waals surface area contributed by atoms with Crippen molar-refractivity contribution in [2.75, 3.05) is 13.1 Å². The molecule has 0 spiro atoms. The maximum Gasteiger partial charge on any atom is 0.225 e. The number of aromatic nitrogens is 2. The lowest BCUT2D eigenvalue weighted by molar-refractivity contribution is -0.143. The first-order chi connectivity index (χ1) is 11.0. The van der Waals surface area contributed by atoms with Gasteiger partial charge in [-0.1, -0.05) is 13.8 Å².